The SMILES string of the molecule is COc1ccc(NC(=O)c2n[nH]c3ccc(N)cc23)cc1. The molecular formula is C15H14N4O2. The summed E-state index contributed by atoms with van der Waals surface area (Å²) < 4.78 is 5.07. The Morgan fingerprint density at radius 2 is 2.00 bits per heavy atom. The van der Waals surface area contributed by atoms with Crippen molar-refractivity contribution in [3.63, 3.8) is 0 Å². The number of H-pyrrole nitrogens is 1. The highest BCUT2D eigenvalue weighted by Crippen LogP contribution is 2.21. The van der Waals surface area contributed by atoms with Gasteiger partial charge in [0.05, 0.1) is 12.6 Å². The first kappa shape index (κ1) is 13.0. The molecule has 0 radical (unpaired) electrons. The van der Waals surface area contributed by atoms with Crippen LogP contribution in [0.4, 0.5) is 11.4 Å². The molecule has 0 saturated heterocycles. The van der Waals surface area contributed by atoms with Crippen LogP contribution in [0.25, 0.3) is 10.9 Å². The lowest BCUT2D eigenvalue weighted by atomic mass is 10.2. The van der Waals surface area contributed by atoms with E-state index in [-0.39, 0.29) is 5.91 Å². The third-order valence-corrected chi connectivity index (χ3v) is 3.15. The van der Waals surface area contributed by atoms with Gasteiger partial charge in [-0.25, -0.2) is 0 Å². The summed E-state index contributed by atoms with van der Waals surface area (Å²) in [5.74, 6) is 0.433. The predicted octanol–water partition coefficient (Wildman–Crippen LogP) is 2.41. The first-order valence-corrected chi connectivity index (χ1v) is 6.36. The normalized spacial score (nSPS) is 10.5. The van der Waals surface area contributed by atoms with Crippen molar-refractivity contribution >= 4 is 28.2 Å². The summed E-state index contributed by atoms with van der Waals surface area (Å²) in [5.41, 5.74) is 8.08. The number of rotatable bonds is 3. The minimum atomic E-state index is -0.294. The van der Waals surface area contributed by atoms with Crippen LogP contribution in [0.3, 0.4) is 0 Å². The summed E-state index contributed by atoms with van der Waals surface area (Å²) in [6, 6.07) is 12.3. The maximum absolute atomic E-state index is 12.3. The summed E-state index contributed by atoms with van der Waals surface area (Å²) in [6.07, 6.45) is 0. The molecule has 6 nitrogen and oxygen atoms in total. The van der Waals surface area contributed by atoms with Crippen LogP contribution in [0.15, 0.2) is 42.5 Å². The Labute approximate surface area is 120 Å². The van der Waals surface area contributed by atoms with Crippen LogP contribution in [-0.4, -0.2) is 23.2 Å². The van der Waals surface area contributed by atoms with Crippen molar-refractivity contribution in [2.75, 3.05) is 18.2 Å². The van der Waals surface area contributed by atoms with E-state index in [1.165, 1.54) is 0 Å². The van der Waals surface area contributed by atoms with Crippen molar-refractivity contribution in [2.45, 2.75) is 0 Å². The number of nitrogen functional groups attached to an aromatic ring is 1. The van der Waals surface area contributed by atoms with Crippen molar-refractivity contribution in [3.8, 4) is 5.75 Å². The Morgan fingerprint density at radius 3 is 2.71 bits per heavy atom. The zero-order valence-corrected chi connectivity index (χ0v) is 11.4. The molecule has 3 rings (SSSR count). The largest absolute Gasteiger partial charge is 0.497 e. The van der Waals surface area contributed by atoms with Crippen LogP contribution < -0.4 is 15.8 Å². The summed E-state index contributed by atoms with van der Waals surface area (Å²) in [4.78, 5) is 12.3. The standard InChI is InChI=1S/C15H14N4O2/c1-21-11-5-3-10(4-6-11)17-15(20)14-12-8-9(16)2-7-13(12)18-19-14/h2-8H,16H2,1H3,(H,17,20)(H,18,19). The van der Waals surface area contributed by atoms with Crippen LogP contribution in [0.5, 0.6) is 5.75 Å². The number of amides is 1. The van der Waals surface area contributed by atoms with E-state index in [1.54, 1.807) is 49.6 Å². The first-order chi connectivity index (χ1) is 10.2. The van der Waals surface area contributed by atoms with Crippen LogP contribution in [0.1, 0.15) is 10.5 Å². The van der Waals surface area contributed by atoms with E-state index in [0.29, 0.717) is 22.5 Å². The molecule has 0 aliphatic heterocycles. The second kappa shape index (κ2) is 5.16. The number of carbonyl (C=O) groups excluding carboxylic acids is 1. The van der Waals surface area contributed by atoms with E-state index in [9.17, 15) is 4.79 Å². The van der Waals surface area contributed by atoms with Crippen molar-refractivity contribution in [1.29, 1.82) is 0 Å². The Bertz CT molecular complexity index is 793. The van der Waals surface area contributed by atoms with Crippen molar-refractivity contribution < 1.29 is 9.53 Å². The Balaban J connectivity index is 1.87. The first-order valence-electron chi connectivity index (χ1n) is 6.36. The van der Waals surface area contributed by atoms with Gasteiger partial charge >= 0.3 is 0 Å². The molecule has 4 N–H and O–H groups in total. The zero-order chi connectivity index (χ0) is 14.8. The van der Waals surface area contributed by atoms with Gasteiger partial charge in [-0.05, 0) is 42.5 Å². The second-order valence-corrected chi connectivity index (χ2v) is 4.56. The molecular weight excluding hydrogens is 268 g/mol. The second-order valence-electron chi connectivity index (χ2n) is 4.56. The van der Waals surface area contributed by atoms with Gasteiger partial charge in [0.25, 0.3) is 5.91 Å². The average Bonchev–Trinajstić information content (AvgIpc) is 2.91. The maximum Gasteiger partial charge on any atom is 0.276 e. The molecule has 0 aliphatic carbocycles. The van der Waals surface area contributed by atoms with Gasteiger partial charge in [0, 0.05) is 16.8 Å². The molecule has 1 aromatic heterocycles. The number of methoxy groups -OCH3 is 1. The van der Waals surface area contributed by atoms with E-state index in [4.69, 9.17) is 10.5 Å². The number of aromatic nitrogens is 2. The average molecular weight is 282 g/mol. The topological polar surface area (TPSA) is 93.0 Å². The van der Waals surface area contributed by atoms with Crippen molar-refractivity contribution in [1.82, 2.24) is 10.2 Å². The lowest BCUT2D eigenvalue weighted by molar-refractivity contribution is 0.102. The number of anilines is 2. The van der Waals surface area contributed by atoms with Gasteiger partial charge in [-0.15, -0.1) is 0 Å². The number of nitrogens with zero attached hydrogens (tertiary/aromatic N) is 1. The van der Waals surface area contributed by atoms with E-state index < -0.39 is 0 Å². The summed E-state index contributed by atoms with van der Waals surface area (Å²) in [7, 11) is 1.59. The number of hydrogen-bond acceptors (Lipinski definition) is 4. The van der Waals surface area contributed by atoms with Gasteiger partial charge in [0.2, 0.25) is 0 Å². The molecule has 21 heavy (non-hydrogen) atoms. The highest BCUT2D eigenvalue weighted by atomic mass is 16.5. The fourth-order valence-corrected chi connectivity index (χ4v) is 2.07. The molecule has 0 fully saturated rings. The lowest BCUT2D eigenvalue weighted by Gasteiger charge is -2.05. The molecule has 0 aliphatic rings. The summed E-state index contributed by atoms with van der Waals surface area (Å²) in [6.45, 7) is 0. The summed E-state index contributed by atoms with van der Waals surface area (Å²) in [5, 5.41) is 10.3. The van der Waals surface area contributed by atoms with Gasteiger partial charge in [-0.3, -0.25) is 9.89 Å². The highest BCUT2D eigenvalue weighted by Gasteiger charge is 2.14. The molecule has 0 atom stereocenters. The van der Waals surface area contributed by atoms with Crippen molar-refractivity contribution in [3.05, 3.63) is 48.2 Å². The molecule has 0 saturated carbocycles. The van der Waals surface area contributed by atoms with Crippen LogP contribution in [-0.2, 0) is 0 Å². The van der Waals surface area contributed by atoms with Gasteiger partial charge in [-0.1, -0.05) is 0 Å². The zero-order valence-electron chi connectivity index (χ0n) is 11.4. The van der Waals surface area contributed by atoms with E-state index in [0.717, 1.165) is 11.3 Å². The molecule has 3 aromatic rings. The minimum absolute atomic E-state index is 0.294. The van der Waals surface area contributed by atoms with Gasteiger partial charge < -0.3 is 15.8 Å². The number of carbonyl (C=O) groups is 1. The van der Waals surface area contributed by atoms with E-state index in [1.807, 2.05) is 0 Å². The Hall–Kier alpha value is -3.02. The molecule has 2 aromatic carbocycles. The minimum Gasteiger partial charge on any atom is -0.497 e. The van der Waals surface area contributed by atoms with Crippen molar-refractivity contribution in [2.24, 2.45) is 0 Å². The Morgan fingerprint density at radius 1 is 1.24 bits per heavy atom. The van der Waals surface area contributed by atoms with E-state index in [2.05, 4.69) is 15.5 Å². The van der Waals surface area contributed by atoms with Gasteiger partial charge in [0.1, 0.15) is 5.75 Å². The van der Waals surface area contributed by atoms with E-state index >= 15 is 0 Å². The van der Waals surface area contributed by atoms with Crippen LogP contribution in [0, 0.1) is 0 Å². The molecule has 6 heteroatoms. The fourth-order valence-electron chi connectivity index (χ4n) is 2.07. The number of benzene rings is 2. The predicted molar refractivity (Wildman–Crippen MR) is 81.5 cm³/mol. The maximum atomic E-state index is 12.3. The van der Waals surface area contributed by atoms with Crippen LogP contribution >= 0.6 is 0 Å². The number of nitrogens with one attached hydrogen (secondary N) is 2. The molecule has 1 heterocycles. The molecule has 1 amide bonds. The molecule has 106 valence electrons. The monoisotopic (exact) mass is 282 g/mol. The number of aromatic amines is 1. The highest BCUT2D eigenvalue weighted by molar-refractivity contribution is 6.11. The Kier molecular flexibility index (Phi) is 3.19. The molecule has 0 unspecified atom stereocenters. The lowest BCUT2D eigenvalue weighted by Crippen LogP contribution is -2.12. The fraction of sp³-hybridized carbons (Fsp3) is 0.0667. The van der Waals surface area contributed by atoms with Crippen LogP contribution in [0.2, 0.25) is 0 Å². The number of ether oxygens (including phenoxy) is 1. The van der Waals surface area contributed by atoms with Gasteiger partial charge in [0.15, 0.2) is 5.69 Å². The number of hydrogen-bond donors (Lipinski definition) is 3. The number of fused-ring (bicyclic) bond motifs is 1. The molecule has 0 bridgehead atoms. The molecule has 0 spiro atoms. The van der Waals surface area contributed by atoms with Gasteiger partial charge in [-0.2, -0.15) is 5.10 Å². The third-order valence-electron chi connectivity index (χ3n) is 3.15. The third kappa shape index (κ3) is 2.51. The quantitative estimate of drug-likeness (QED) is 0.643. The summed E-state index contributed by atoms with van der Waals surface area (Å²) >= 11 is 0. The number of nitrogens with two attached hydrogens (primary N) is 1. The smallest absolute Gasteiger partial charge is 0.276 e.